The van der Waals surface area contributed by atoms with Crippen LogP contribution in [0.5, 0.6) is 5.95 Å². The molecule has 0 atom stereocenters. The van der Waals surface area contributed by atoms with Gasteiger partial charge in [0.2, 0.25) is 0 Å². The van der Waals surface area contributed by atoms with Crippen molar-refractivity contribution < 1.29 is 19.2 Å². The third-order valence-corrected chi connectivity index (χ3v) is 3.34. The number of nitrogens with zero attached hydrogens (tertiary/aromatic N) is 1. The molecular formula is C16H23NO5. The molecule has 0 unspecified atom stereocenters. The number of rotatable bonds is 10. The van der Waals surface area contributed by atoms with Gasteiger partial charge in [0.25, 0.3) is 5.95 Å². The smallest absolute Gasteiger partial charge is 0.299 e. The summed E-state index contributed by atoms with van der Waals surface area (Å²) in [5.41, 5.74) is -0.569. The van der Waals surface area contributed by atoms with Crippen molar-refractivity contribution in [3.05, 3.63) is 27.6 Å². The molecule has 0 spiro atoms. The van der Waals surface area contributed by atoms with Gasteiger partial charge < -0.3 is 14.4 Å². The van der Waals surface area contributed by atoms with E-state index in [2.05, 4.69) is 12.1 Å². The molecule has 1 aromatic heterocycles. The predicted molar refractivity (Wildman–Crippen MR) is 83.2 cm³/mol. The van der Waals surface area contributed by atoms with E-state index >= 15 is 0 Å². The van der Waals surface area contributed by atoms with E-state index in [1.807, 2.05) is 0 Å². The molecule has 122 valence electrons. The Bertz CT molecular complexity index is 562. The molecule has 0 bridgehead atoms. The van der Waals surface area contributed by atoms with Crippen LogP contribution in [0.4, 0.5) is 0 Å². The average Bonchev–Trinajstić information content (AvgIpc) is 2.50. The van der Waals surface area contributed by atoms with Crippen LogP contribution in [0.15, 0.2) is 20.4 Å². The molecule has 0 aliphatic heterocycles. The van der Waals surface area contributed by atoms with Crippen molar-refractivity contribution >= 4 is 12.0 Å². The highest BCUT2D eigenvalue weighted by Gasteiger charge is 2.19. The van der Waals surface area contributed by atoms with Crippen molar-refractivity contribution in [3.63, 3.8) is 0 Å². The zero-order chi connectivity index (χ0) is 16.4. The minimum Gasteiger partial charge on any atom is -0.468 e. The molecule has 0 saturated heterocycles. The molecule has 0 saturated carbocycles. The standard InChI is InChI=1S/C16H23NO5/c1-3-4-5-6-7-8-9-13(18)15-14(19)10-12(11-17-20)22-16(15)21-2/h10-11,20H,3-9H2,1-2H3. The van der Waals surface area contributed by atoms with Crippen LogP contribution < -0.4 is 10.2 Å². The summed E-state index contributed by atoms with van der Waals surface area (Å²) in [6.07, 6.45) is 7.62. The molecule has 1 aromatic rings. The van der Waals surface area contributed by atoms with Gasteiger partial charge in [0.15, 0.2) is 17.0 Å². The van der Waals surface area contributed by atoms with Crippen molar-refractivity contribution in [3.8, 4) is 5.95 Å². The maximum atomic E-state index is 12.2. The van der Waals surface area contributed by atoms with Crippen LogP contribution >= 0.6 is 0 Å². The molecular weight excluding hydrogens is 286 g/mol. The number of carbonyl (C=O) groups excluding carboxylic acids is 1. The third kappa shape index (κ3) is 5.35. The minimum atomic E-state index is -0.492. The summed E-state index contributed by atoms with van der Waals surface area (Å²) in [6, 6.07) is 1.11. The van der Waals surface area contributed by atoms with Gasteiger partial charge >= 0.3 is 0 Å². The second-order valence-electron chi connectivity index (χ2n) is 5.07. The number of hydrogen-bond donors (Lipinski definition) is 1. The lowest BCUT2D eigenvalue weighted by molar-refractivity contribution is 0.0969. The van der Waals surface area contributed by atoms with Gasteiger partial charge in [0.1, 0.15) is 11.8 Å². The normalized spacial score (nSPS) is 11.0. The molecule has 0 radical (unpaired) electrons. The Balaban J connectivity index is 2.70. The van der Waals surface area contributed by atoms with Crippen molar-refractivity contribution in [2.24, 2.45) is 5.16 Å². The number of unbranched alkanes of at least 4 members (excludes halogenated alkanes) is 5. The fourth-order valence-electron chi connectivity index (χ4n) is 2.20. The van der Waals surface area contributed by atoms with Crippen LogP contribution in [0, 0.1) is 0 Å². The first-order valence-electron chi connectivity index (χ1n) is 7.56. The Hall–Kier alpha value is -2.11. The lowest BCUT2D eigenvalue weighted by atomic mass is 10.0. The van der Waals surface area contributed by atoms with Gasteiger partial charge in [0, 0.05) is 12.5 Å². The number of carbonyl (C=O) groups is 1. The number of Topliss-reactive ketones (excluding diaryl/α,β-unsaturated/α-hetero) is 1. The number of ketones is 1. The highest BCUT2D eigenvalue weighted by molar-refractivity contribution is 5.98. The molecule has 0 amide bonds. The minimum absolute atomic E-state index is 0.0282. The van der Waals surface area contributed by atoms with Gasteiger partial charge in [-0.15, -0.1) is 0 Å². The summed E-state index contributed by atoms with van der Waals surface area (Å²) < 4.78 is 10.2. The van der Waals surface area contributed by atoms with Crippen LogP contribution in [0.3, 0.4) is 0 Å². The quantitative estimate of drug-likeness (QED) is 0.235. The Labute approximate surface area is 129 Å². The molecule has 0 aliphatic rings. The Morgan fingerprint density at radius 3 is 2.64 bits per heavy atom. The average molecular weight is 309 g/mol. The van der Waals surface area contributed by atoms with Crippen LogP contribution in [-0.4, -0.2) is 24.3 Å². The monoisotopic (exact) mass is 309 g/mol. The first kappa shape index (κ1) is 17.9. The maximum absolute atomic E-state index is 12.2. The summed E-state index contributed by atoms with van der Waals surface area (Å²) in [5.74, 6) is -0.396. The Morgan fingerprint density at radius 1 is 1.32 bits per heavy atom. The van der Waals surface area contributed by atoms with Crippen molar-refractivity contribution in [1.29, 1.82) is 0 Å². The van der Waals surface area contributed by atoms with E-state index in [1.54, 1.807) is 0 Å². The van der Waals surface area contributed by atoms with Crippen LogP contribution in [0.25, 0.3) is 0 Å². The van der Waals surface area contributed by atoms with Crippen molar-refractivity contribution in [1.82, 2.24) is 0 Å². The molecule has 1 N–H and O–H groups in total. The lowest BCUT2D eigenvalue weighted by Crippen LogP contribution is -2.16. The van der Waals surface area contributed by atoms with Gasteiger partial charge in [-0.3, -0.25) is 9.59 Å². The molecule has 1 heterocycles. The summed E-state index contributed by atoms with van der Waals surface area (Å²) in [7, 11) is 1.32. The third-order valence-electron chi connectivity index (χ3n) is 3.34. The van der Waals surface area contributed by atoms with Gasteiger partial charge in [-0.25, -0.2) is 0 Å². The van der Waals surface area contributed by atoms with Gasteiger partial charge in [-0.1, -0.05) is 44.2 Å². The topological polar surface area (TPSA) is 89.1 Å². The Kier molecular flexibility index (Phi) is 7.96. The van der Waals surface area contributed by atoms with Crippen LogP contribution in [0.1, 0.15) is 68.0 Å². The van der Waals surface area contributed by atoms with Crippen molar-refractivity contribution in [2.45, 2.75) is 51.9 Å². The largest absolute Gasteiger partial charge is 0.468 e. The van der Waals surface area contributed by atoms with Crippen LogP contribution in [0.2, 0.25) is 0 Å². The van der Waals surface area contributed by atoms with Gasteiger partial charge in [-0.05, 0) is 6.42 Å². The highest BCUT2D eigenvalue weighted by atomic mass is 16.6. The van der Waals surface area contributed by atoms with E-state index in [0.717, 1.165) is 31.5 Å². The number of ether oxygens (including phenoxy) is 1. The summed E-state index contributed by atoms with van der Waals surface area (Å²) >= 11 is 0. The number of methoxy groups -OCH3 is 1. The first-order valence-corrected chi connectivity index (χ1v) is 7.56. The zero-order valence-corrected chi connectivity index (χ0v) is 13.1. The van der Waals surface area contributed by atoms with E-state index in [0.29, 0.717) is 6.42 Å². The van der Waals surface area contributed by atoms with E-state index in [4.69, 9.17) is 14.4 Å². The van der Waals surface area contributed by atoms with Crippen LogP contribution in [-0.2, 0) is 0 Å². The molecule has 0 aromatic carbocycles. The molecule has 1 rings (SSSR count). The van der Waals surface area contributed by atoms with E-state index in [-0.39, 0.29) is 23.1 Å². The van der Waals surface area contributed by atoms with E-state index in [9.17, 15) is 9.59 Å². The van der Waals surface area contributed by atoms with Gasteiger partial charge in [0.05, 0.1) is 7.11 Å². The molecule has 0 aliphatic carbocycles. The zero-order valence-electron chi connectivity index (χ0n) is 13.1. The van der Waals surface area contributed by atoms with E-state index in [1.165, 1.54) is 26.4 Å². The summed E-state index contributed by atoms with van der Waals surface area (Å²) in [5, 5.41) is 11.2. The second kappa shape index (κ2) is 9.76. The molecule has 6 heteroatoms. The van der Waals surface area contributed by atoms with Gasteiger partial charge in [-0.2, -0.15) is 0 Å². The number of oxime groups is 1. The highest BCUT2D eigenvalue weighted by Crippen LogP contribution is 2.19. The predicted octanol–water partition coefficient (Wildman–Crippen LogP) is 3.39. The number of hydrogen-bond acceptors (Lipinski definition) is 6. The first-order chi connectivity index (χ1) is 10.6. The second-order valence-corrected chi connectivity index (χ2v) is 5.07. The summed E-state index contributed by atoms with van der Waals surface area (Å²) in [6.45, 7) is 2.15. The fourth-order valence-corrected chi connectivity index (χ4v) is 2.20. The summed E-state index contributed by atoms with van der Waals surface area (Å²) in [4.78, 5) is 24.2. The molecule has 6 nitrogen and oxygen atoms in total. The molecule has 22 heavy (non-hydrogen) atoms. The maximum Gasteiger partial charge on any atom is 0.299 e. The van der Waals surface area contributed by atoms with E-state index < -0.39 is 5.43 Å². The SMILES string of the molecule is CCCCCCCCC(=O)c1c(OC)oc(C=NO)cc1=O. The lowest BCUT2D eigenvalue weighted by Gasteiger charge is -2.06. The fraction of sp³-hybridized carbons (Fsp3) is 0.562. The van der Waals surface area contributed by atoms with Crippen molar-refractivity contribution in [2.75, 3.05) is 7.11 Å². The Morgan fingerprint density at radius 2 is 2.00 bits per heavy atom. The molecule has 0 fully saturated rings.